The van der Waals surface area contributed by atoms with Crippen molar-refractivity contribution in [3.8, 4) is 0 Å². The molecule has 0 spiro atoms. The van der Waals surface area contributed by atoms with E-state index in [9.17, 15) is 0 Å². The molecule has 0 saturated carbocycles. The quantitative estimate of drug-likeness (QED) is 0.694. The highest BCUT2D eigenvalue weighted by Crippen LogP contribution is 2.22. The fraction of sp³-hybridized carbons (Fsp3) is 0.286. The molecule has 78 valence electrons. The summed E-state index contributed by atoms with van der Waals surface area (Å²) in [5.41, 5.74) is 4.01. The van der Waals surface area contributed by atoms with Gasteiger partial charge in [0.2, 0.25) is 0 Å². The molecular weight excluding hydrogens is 182 g/mol. The van der Waals surface area contributed by atoms with Crippen molar-refractivity contribution in [1.29, 1.82) is 0 Å². The third-order valence-electron chi connectivity index (χ3n) is 2.99. The van der Waals surface area contributed by atoms with Crippen LogP contribution < -0.4 is 0 Å². The molecule has 1 aromatic carbocycles. The molecule has 0 aliphatic rings. The molecule has 1 atom stereocenters. The normalized spacial score (nSPS) is 12.7. The average molecular weight is 199 g/mol. The fourth-order valence-corrected chi connectivity index (χ4v) is 2.17. The van der Waals surface area contributed by atoms with Crippen LogP contribution in [0, 0.1) is 13.8 Å². The van der Waals surface area contributed by atoms with Crippen LogP contribution in [-0.2, 0) is 0 Å². The molecule has 1 heterocycles. The third-order valence-corrected chi connectivity index (χ3v) is 2.99. The molecule has 0 fully saturated rings. The van der Waals surface area contributed by atoms with Crippen LogP contribution in [0.5, 0.6) is 0 Å². The Balaban J connectivity index is 2.41. The maximum absolute atomic E-state index is 2.37. The summed E-state index contributed by atoms with van der Waals surface area (Å²) in [5, 5.41) is 0. The molecule has 0 saturated heterocycles. The summed E-state index contributed by atoms with van der Waals surface area (Å²) in [7, 11) is 0. The molecular formula is C14H17N. The number of hydrogen-bond acceptors (Lipinski definition) is 0. The van der Waals surface area contributed by atoms with Crippen molar-refractivity contribution in [3.63, 3.8) is 0 Å². The van der Waals surface area contributed by atoms with Crippen LogP contribution in [-0.4, -0.2) is 4.57 Å². The summed E-state index contributed by atoms with van der Waals surface area (Å²) in [5.74, 6) is 0. The van der Waals surface area contributed by atoms with Gasteiger partial charge < -0.3 is 4.57 Å². The molecule has 0 unspecified atom stereocenters. The summed E-state index contributed by atoms with van der Waals surface area (Å²) in [6.45, 7) is 6.56. The smallest absolute Gasteiger partial charge is 0.0556 e. The number of aromatic nitrogens is 1. The van der Waals surface area contributed by atoms with Crippen LogP contribution in [0.25, 0.3) is 0 Å². The molecule has 0 amide bonds. The molecule has 0 radical (unpaired) electrons. The number of rotatable bonds is 2. The zero-order valence-electron chi connectivity index (χ0n) is 9.57. The first-order valence-electron chi connectivity index (χ1n) is 5.39. The lowest BCUT2D eigenvalue weighted by atomic mass is 10.1. The van der Waals surface area contributed by atoms with Gasteiger partial charge in [0.25, 0.3) is 0 Å². The highest BCUT2D eigenvalue weighted by molar-refractivity contribution is 5.24. The van der Waals surface area contributed by atoms with Gasteiger partial charge in [-0.3, -0.25) is 0 Å². The number of hydrogen-bond donors (Lipinski definition) is 0. The lowest BCUT2D eigenvalue weighted by Gasteiger charge is -2.18. The van der Waals surface area contributed by atoms with E-state index in [-0.39, 0.29) is 0 Å². The minimum atomic E-state index is 0.418. The Bertz CT molecular complexity index is 420. The molecule has 2 aromatic rings. The van der Waals surface area contributed by atoms with E-state index in [1.54, 1.807) is 0 Å². The number of aryl methyl sites for hydroxylation is 2. The van der Waals surface area contributed by atoms with Crippen LogP contribution in [0.1, 0.15) is 29.9 Å². The molecule has 0 aliphatic carbocycles. The van der Waals surface area contributed by atoms with Crippen molar-refractivity contribution in [1.82, 2.24) is 4.57 Å². The molecule has 1 aromatic heterocycles. The minimum Gasteiger partial charge on any atom is -0.342 e. The van der Waals surface area contributed by atoms with Gasteiger partial charge in [-0.25, -0.2) is 0 Å². The zero-order valence-corrected chi connectivity index (χ0v) is 9.57. The topological polar surface area (TPSA) is 4.93 Å². The van der Waals surface area contributed by atoms with Crippen molar-refractivity contribution >= 4 is 0 Å². The van der Waals surface area contributed by atoms with Crippen LogP contribution in [0.3, 0.4) is 0 Å². The molecule has 1 heteroatoms. The van der Waals surface area contributed by atoms with Crippen molar-refractivity contribution in [2.24, 2.45) is 0 Å². The van der Waals surface area contributed by atoms with Crippen LogP contribution in [0.4, 0.5) is 0 Å². The van der Waals surface area contributed by atoms with E-state index in [1.807, 2.05) is 0 Å². The molecule has 1 nitrogen and oxygen atoms in total. The number of nitrogens with zero attached hydrogens (tertiary/aromatic N) is 1. The van der Waals surface area contributed by atoms with Gasteiger partial charge in [-0.1, -0.05) is 30.3 Å². The predicted molar refractivity (Wildman–Crippen MR) is 64.2 cm³/mol. The molecule has 0 N–H and O–H groups in total. The average Bonchev–Trinajstić information content (AvgIpc) is 2.59. The predicted octanol–water partition coefficient (Wildman–Crippen LogP) is 3.71. The summed E-state index contributed by atoms with van der Waals surface area (Å²) in [4.78, 5) is 0. The van der Waals surface area contributed by atoms with E-state index in [0.717, 1.165) is 0 Å². The van der Waals surface area contributed by atoms with Gasteiger partial charge in [0, 0.05) is 11.4 Å². The third kappa shape index (κ3) is 1.82. The summed E-state index contributed by atoms with van der Waals surface area (Å²) < 4.78 is 2.37. The van der Waals surface area contributed by atoms with Crippen LogP contribution in [0.15, 0.2) is 42.5 Å². The monoisotopic (exact) mass is 199 g/mol. The Morgan fingerprint density at radius 2 is 1.40 bits per heavy atom. The summed E-state index contributed by atoms with van der Waals surface area (Å²) >= 11 is 0. The fourth-order valence-electron chi connectivity index (χ4n) is 2.17. The van der Waals surface area contributed by atoms with E-state index in [2.05, 4.69) is 67.8 Å². The molecule has 0 bridgehead atoms. The first-order chi connectivity index (χ1) is 7.20. The maximum atomic E-state index is 2.37. The molecule has 15 heavy (non-hydrogen) atoms. The van der Waals surface area contributed by atoms with E-state index in [0.29, 0.717) is 6.04 Å². The largest absolute Gasteiger partial charge is 0.342 e. The van der Waals surface area contributed by atoms with Gasteiger partial charge in [0.1, 0.15) is 0 Å². The molecule has 0 aliphatic heterocycles. The SMILES string of the molecule is Cc1ccc(C)n1[C@@H](C)c1ccccc1. The summed E-state index contributed by atoms with van der Waals surface area (Å²) in [6.07, 6.45) is 0. The first-order valence-corrected chi connectivity index (χ1v) is 5.39. The van der Waals surface area contributed by atoms with Crippen molar-refractivity contribution < 1.29 is 0 Å². The highest BCUT2D eigenvalue weighted by Gasteiger charge is 2.10. The van der Waals surface area contributed by atoms with Gasteiger partial charge >= 0.3 is 0 Å². The van der Waals surface area contributed by atoms with Crippen molar-refractivity contribution in [3.05, 3.63) is 59.4 Å². The van der Waals surface area contributed by atoms with E-state index in [1.165, 1.54) is 17.0 Å². The van der Waals surface area contributed by atoms with Gasteiger partial charge in [-0.15, -0.1) is 0 Å². The highest BCUT2D eigenvalue weighted by atomic mass is 15.0. The second kappa shape index (κ2) is 3.93. The minimum absolute atomic E-state index is 0.418. The Morgan fingerprint density at radius 1 is 0.867 bits per heavy atom. The second-order valence-electron chi connectivity index (χ2n) is 4.07. The maximum Gasteiger partial charge on any atom is 0.0556 e. The van der Waals surface area contributed by atoms with Gasteiger partial charge in [-0.05, 0) is 38.5 Å². The van der Waals surface area contributed by atoms with E-state index >= 15 is 0 Å². The van der Waals surface area contributed by atoms with Crippen molar-refractivity contribution in [2.75, 3.05) is 0 Å². The Hall–Kier alpha value is -1.50. The van der Waals surface area contributed by atoms with Gasteiger partial charge in [-0.2, -0.15) is 0 Å². The first kappa shape index (κ1) is 10.0. The van der Waals surface area contributed by atoms with Crippen LogP contribution >= 0.6 is 0 Å². The summed E-state index contributed by atoms with van der Waals surface area (Å²) in [6, 6.07) is 15.4. The Labute approximate surface area is 91.4 Å². The zero-order chi connectivity index (χ0) is 10.8. The van der Waals surface area contributed by atoms with Gasteiger partial charge in [0.05, 0.1) is 6.04 Å². The van der Waals surface area contributed by atoms with E-state index < -0.39 is 0 Å². The lowest BCUT2D eigenvalue weighted by molar-refractivity contribution is 0.610. The Morgan fingerprint density at radius 3 is 1.93 bits per heavy atom. The number of benzene rings is 1. The van der Waals surface area contributed by atoms with Crippen LogP contribution in [0.2, 0.25) is 0 Å². The lowest BCUT2D eigenvalue weighted by Crippen LogP contribution is -2.09. The Kier molecular flexibility index (Phi) is 2.63. The standard InChI is InChI=1S/C14H17N/c1-11-9-10-12(2)15(11)13(3)14-7-5-4-6-8-14/h4-10,13H,1-3H3/t13-/m0/s1. The second-order valence-corrected chi connectivity index (χ2v) is 4.07. The van der Waals surface area contributed by atoms with E-state index in [4.69, 9.17) is 0 Å². The molecule has 2 rings (SSSR count). The van der Waals surface area contributed by atoms with Gasteiger partial charge in [0.15, 0.2) is 0 Å². The van der Waals surface area contributed by atoms with Crippen molar-refractivity contribution in [2.45, 2.75) is 26.8 Å².